The topological polar surface area (TPSA) is 118 Å². The fraction of sp³-hybridized carbons (Fsp3) is 0.385. The van der Waals surface area contributed by atoms with Crippen molar-refractivity contribution in [3.8, 4) is 0 Å². The van der Waals surface area contributed by atoms with Crippen molar-refractivity contribution in [2.24, 2.45) is 0 Å². The number of nitro benzene ring substituents is 1. The molecule has 0 saturated carbocycles. The number of nitro groups is 1. The number of rotatable bonds is 3. The van der Waals surface area contributed by atoms with Gasteiger partial charge in [-0.25, -0.2) is 0 Å². The van der Waals surface area contributed by atoms with Crippen molar-refractivity contribution in [1.29, 1.82) is 0 Å². The minimum absolute atomic E-state index is 0.0610. The van der Waals surface area contributed by atoms with Crippen LogP contribution in [0.5, 0.6) is 0 Å². The molecule has 0 amide bonds. The van der Waals surface area contributed by atoms with Crippen molar-refractivity contribution in [1.82, 2.24) is 4.57 Å². The molecule has 1 aliphatic heterocycles. The molecule has 21 heavy (non-hydrogen) atoms. The van der Waals surface area contributed by atoms with E-state index < -0.39 is 29.5 Å². The Balaban J connectivity index is 2.14. The first kappa shape index (κ1) is 14.0. The molecule has 0 spiro atoms. The minimum atomic E-state index is -1.81. The third-order valence-corrected chi connectivity index (χ3v) is 3.86. The van der Waals surface area contributed by atoms with Crippen LogP contribution in [0.3, 0.4) is 0 Å². The predicted molar refractivity (Wildman–Crippen MR) is 71.6 cm³/mol. The largest absolute Gasteiger partial charge is 0.393 e. The molecule has 1 fully saturated rings. The third kappa shape index (κ3) is 1.92. The summed E-state index contributed by atoms with van der Waals surface area (Å²) in [6, 6.07) is 5.79. The number of non-ortho nitro benzene ring substituents is 1. The number of fused-ring (bicyclic) bond motifs is 1. The molecule has 8 heteroatoms. The zero-order chi connectivity index (χ0) is 15.2. The van der Waals surface area contributed by atoms with Gasteiger partial charge in [0.25, 0.3) is 5.69 Å². The second-order valence-electron chi connectivity index (χ2n) is 4.99. The molecule has 1 aromatic carbocycles. The van der Waals surface area contributed by atoms with Crippen molar-refractivity contribution < 1.29 is 25.0 Å². The molecule has 3 atom stereocenters. The minimum Gasteiger partial charge on any atom is -0.393 e. The molecular weight excluding hydrogens is 280 g/mol. The smallest absolute Gasteiger partial charge is 0.270 e. The molecule has 1 aliphatic rings. The summed E-state index contributed by atoms with van der Waals surface area (Å²) in [5.41, 5.74) is -1.37. The van der Waals surface area contributed by atoms with Crippen LogP contribution in [0.2, 0.25) is 0 Å². The average molecular weight is 294 g/mol. The monoisotopic (exact) mass is 294 g/mol. The van der Waals surface area contributed by atoms with Gasteiger partial charge in [-0.15, -0.1) is 0 Å². The second kappa shape index (κ2) is 4.78. The highest BCUT2D eigenvalue weighted by molar-refractivity contribution is 5.82. The van der Waals surface area contributed by atoms with Crippen molar-refractivity contribution in [3.63, 3.8) is 0 Å². The van der Waals surface area contributed by atoms with Gasteiger partial charge in [-0.1, -0.05) is 0 Å². The summed E-state index contributed by atoms with van der Waals surface area (Å²) in [4.78, 5) is 10.3. The quantitative estimate of drug-likeness (QED) is 0.539. The van der Waals surface area contributed by atoms with Gasteiger partial charge in [-0.3, -0.25) is 10.1 Å². The summed E-state index contributed by atoms with van der Waals surface area (Å²) in [5, 5.41) is 41.4. The first-order chi connectivity index (χ1) is 9.98. The van der Waals surface area contributed by atoms with Crippen LogP contribution < -0.4 is 0 Å². The molecule has 3 N–H and O–H groups in total. The van der Waals surface area contributed by atoms with Crippen molar-refractivity contribution in [3.05, 3.63) is 40.6 Å². The molecule has 8 nitrogen and oxygen atoms in total. The van der Waals surface area contributed by atoms with Crippen LogP contribution >= 0.6 is 0 Å². The molecular formula is C13H14N2O6. The maximum atomic E-state index is 10.8. The molecule has 1 saturated heterocycles. The summed E-state index contributed by atoms with van der Waals surface area (Å²) in [7, 11) is 0. The van der Waals surface area contributed by atoms with E-state index in [0.29, 0.717) is 10.9 Å². The molecule has 2 aromatic rings. The fourth-order valence-electron chi connectivity index (χ4n) is 2.73. The summed E-state index contributed by atoms with van der Waals surface area (Å²) >= 11 is 0. The molecule has 0 aliphatic carbocycles. The molecule has 0 bridgehead atoms. The summed E-state index contributed by atoms with van der Waals surface area (Å²) in [6.07, 6.45) is -0.673. The Morgan fingerprint density at radius 3 is 2.90 bits per heavy atom. The van der Waals surface area contributed by atoms with Crippen LogP contribution in [0.25, 0.3) is 10.9 Å². The zero-order valence-electron chi connectivity index (χ0n) is 10.9. The molecule has 112 valence electrons. The lowest BCUT2D eigenvalue weighted by atomic mass is 10.0. The first-order valence-corrected chi connectivity index (χ1v) is 6.37. The van der Waals surface area contributed by atoms with Crippen LogP contribution in [0.1, 0.15) is 0 Å². The standard InChI is InChI=1S/C13H14N2O6/c16-6-12-13(18,11(17)7-21-12)14-4-3-8-5-9(15(19)20)1-2-10(8)14/h1-5,11-12,16-18H,6-7H2/t11-,12+,13-/m0/s1. The van der Waals surface area contributed by atoms with Crippen LogP contribution in [0.15, 0.2) is 30.5 Å². The van der Waals surface area contributed by atoms with E-state index in [1.165, 1.54) is 29.0 Å². The highest BCUT2D eigenvalue weighted by atomic mass is 16.6. The first-order valence-electron chi connectivity index (χ1n) is 6.37. The maximum absolute atomic E-state index is 10.8. The van der Waals surface area contributed by atoms with Gasteiger partial charge >= 0.3 is 0 Å². The number of hydrogen-bond donors (Lipinski definition) is 3. The Hall–Kier alpha value is -2.00. The SMILES string of the molecule is O=[N+]([O-])c1ccc2c(ccn2[C@]2(O)[C@@H](O)CO[C@@H]2CO)c1. The van der Waals surface area contributed by atoms with E-state index >= 15 is 0 Å². The number of aliphatic hydroxyl groups is 3. The lowest BCUT2D eigenvalue weighted by molar-refractivity contribution is -0.384. The van der Waals surface area contributed by atoms with Crippen LogP contribution in [-0.4, -0.2) is 50.2 Å². The van der Waals surface area contributed by atoms with E-state index in [9.17, 15) is 25.4 Å². The maximum Gasteiger partial charge on any atom is 0.270 e. The number of ether oxygens (including phenoxy) is 1. The van der Waals surface area contributed by atoms with Gasteiger partial charge < -0.3 is 24.6 Å². The van der Waals surface area contributed by atoms with Crippen LogP contribution in [0.4, 0.5) is 5.69 Å². The lowest BCUT2D eigenvalue weighted by Crippen LogP contribution is -2.50. The van der Waals surface area contributed by atoms with Crippen molar-refractivity contribution >= 4 is 16.6 Å². The van der Waals surface area contributed by atoms with E-state index in [4.69, 9.17) is 4.74 Å². The molecule has 1 aromatic heterocycles. The van der Waals surface area contributed by atoms with Gasteiger partial charge in [0.15, 0.2) is 5.72 Å². The Kier molecular flexibility index (Phi) is 3.18. The second-order valence-corrected chi connectivity index (χ2v) is 4.99. The third-order valence-electron chi connectivity index (χ3n) is 3.86. The van der Waals surface area contributed by atoms with Gasteiger partial charge in [0.05, 0.1) is 23.7 Å². The summed E-state index contributed by atoms with van der Waals surface area (Å²) in [6.45, 7) is -0.561. The Morgan fingerprint density at radius 1 is 1.48 bits per heavy atom. The average Bonchev–Trinajstić information content (AvgIpc) is 3.01. The lowest BCUT2D eigenvalue weighted by Gasteiger charge is -2.32. The summed E-state index contributed by atoms with van der Waals surface area (Å²) in [5.74, 6) is 0. The van der Waals surface area contributed by atoms with Crippen molar-refractivity contribution in [2.45, 2.75) is 17.9 Å². The fourth-order valence-corrected chi connectivity index (χ4v) is 2.73. The van der Waals surface area contributed by atoms with Gasteiger partial charge in [-0.05, 0) is 12.1 Å². The van der Waals surface area contributed by atoms with Gasteiger partial charge in [-0.2, -0.15) is 0 Å². The summed E-state index contributed by atoms with van der Waals surface area (Å²) < 4.78 is 6.57. The predicted octanol–water partition coefficient (Wildman–Crippen LogP) is -0.0534. The number of aromatic nitrogens is 1. The Labute approximate surface area is 119 Å². The normalized spacial score (nSPS) is 29.1. The van der Waals surface area contributed by atoms with E-state index in [1.807, 2.05) is 0 Å². The molecule has 3 rings (SSSR count). The number of aliphatic hydroxyl groups excluding tert-OH is 2. The zero-order valence-corrected chi connectivity index (χ0v) is 10.9. The Bertz CT molecular complexity index is 699. The highest BCUT2D eigenvalue weighted by Crippen LogP contribution is 2.35. The Morgan fingerprint density at radius 2 is 2.24 bits per heavy atom. The number of hydrogen-bond acceptors (Lipinski definition) is 6. The van der Waals surface area contributed by atoms with Gasteiger partial charge in [0.2, 0.25) is 0 Å². The van der Waals surface area contributed by atoms with Crippen LogP contribution in [-0.2, 0) is 10.5 Å². The van der Waals surface area contributed by atoms with Gasteiger partial charge in [0.1, 0.15) is 12.2 Å². The van der Waals surface area contributed by atoms with Gasteiger partial charge in [0, 0.05) is 23.7 Å². The number of benzene rings is 1. The van der Waals surface area contributed by atoms with E-state index in [0.717, 1.165) is 0 Å². The molecule has 0 unspecified atom stereocenters. The van der Waals surface area contributed by atoms with E-state index in [2.05, 4.69) is 0 Å². The highest BCUT2D eigenvalue weighted by Gasteiger charge is 2.51. The molecule has 0 radical (unpaired) electrons. The molecule has 2 heterocycles. The van der Waals surface area contributed by atoms with Crippen LogP contribution in [0, 0.1) is 10.1 Å². The van der Waals surface area contributed by atoms with E-state index in [-0.39, 0.29) is 12.3 Å². The van der Waals surface area contributed by atoms with Crippen molar-refractivity contribution in [2.75, 3.05) is 13.2 Å². The number of nitrogens with zero attached hydrogens (tertiary/aromatic N) is 2. The van der Waals surface area contributed by atoms with E-state index in [1.54, 1.807) is 6.07 Å².